The summed E-state index contributed by atoms with van der Waals surface area (Å²) >= 11 is 0. The molecule has 0 bridgehead atoms. The van der Waals surface area contributed by atoms with Crippen molar-refractivity contribution >= 4 is 72.6 Å². The smallest absolute Gasteiger partial charge is 0.308 e. The summed E-state index contributed by atoms with van der Waals surface area (Å²) in [5.41, 5.74) is 1.72. The van der Waals surface area contributed by atoms with Crippen LogP contribution >= 0.6 is 0 Å². The molecule has 1 atom stereocenters. The molecule has 1 unspecified atom stereocenters. The van der Waals surface area contributed by atoms with Gasteiger partial charge in [0.15, 0.2) is 22.4 Å². The van der Waals surface area contributed by atoms with Crippen molar-refractivity contribution in [2.45, 2.75) is 65.1 Å². The van der Waals surface area contributed by atoms with Crippen LogP contribution in [0.25, 0.3) is 49.2 Å². The number of phenols is 1. The van der Waals surface area contributed by atoms with E-state index in [-0.39, 0.29) is 124 Å². The van der Waals surface area contributed by atoms with Crippen LogP contribution in [0, 0.1) is 0 Å². The van der Waals surface area contributed by atoms with Crippen LogP contribution in [0.3, 0.4) is 0 Å². The molecule has 1 aliphatic carbocycles. The third-order valence-electron chi connectivity index (χ3n) is 11.9. The van der Waals surface area contributed by atoms with Crippen LogP contribution in [0.1, 0.15) is 73.3 Å². The Balaban J connectivity index is 1.41. The van der Waals surface area contributed by atoms with Crippen molar-refractivity contribution in [3.63, 3.8) is 0 Å². The number of nitrogens with one attached hydrogen (secondary N) is 1. The Morgan fingerprint density at radius 1 is 0.662 bits per heavy atom. The number of phenolic OH excluding ortho intramolecular Hbond substituents is 1. The van der Waals surface area contributed by atoms with Gasteiger partial charge in [0, 0.05) is 61.1 Å². The Morgan fingerprint density at radius 3 is 1.87 bits per heavy atom. The van der Waals surface area contributed by atoms with Gasteiger partial charge in [0.25, 0.3) is 0 Å². The van der Waals surface area contributed by atoms with Crippen LogP contribution in [0.2, 0.25) is 0 Å². The number of ketones is 1. The predicted molar refractivity (Wildman–Crippen MR) is 253 cm³/mol. The van der Waals surface area contributed by atoms with E-state index in [1.54, 1.807) is 26.2 Å². The molecular weight excluding hydrogens is 887 g/mol. The first-order chi connectivity index (χ1) is 32.9. The van der Waals surface area contributed by atoms with Crippen LogP contribution in [0.15, 0.2) is 27.3 Å². The lowest BCUT2D eigenvalue weighted by atomic mass is 9.78. The Kier molecular flexibility index (Phi) is 18.8. The number of ether oxygens (including phenoxy) is 8. The monoisotopic (exact) mass is 947 g/mol. The van der Waals surface area contributed by atoms with Gasteiger partial charge in [-0.3, -0.25) is 24.0 Å². The molecule has 18 nitrogen and oxygen atoms in total. The van der Waals surface area contributed by atoms with E-state index in [0.29, 0.717) is 93.1 Å². The zero-order chi connectivity index (χ0) is 48.9. The van der Waals surface area contributed by atoms with E-state index in [4.69, 9.17) is 43.0 Å². The minimum Gasteiger partial charge on any atom is -0.504 e. The molecule has 0 fully saturated rings. The lowest BCUT2D eigenvalue weighted by molar-refractivity contribution is -0.147. The van der Waals surface area contributed by atoms with Gasteiger partial charge in [0.1, 0.15) is 19.0 Å². The molecule has 0 aromatic heterocycles. The summed E-state index contributed by atoms with van der Waals surface area (Å²) < 4.78 is 43.5. The second-order valence-corrected chi connectivity index (χ2v) is 16.4. The first-order valence-electron chi connectivity index (χ1n) is 22.8. The van der Waals surface area contributed by atoms with E-state index in [0.717, 1.165) is 0 Å². The van der Waals surface area contributed by atoms with Gasteiger partial charge in [0.2, 0.25) is 0 Å². The van der Waals surface area contributed by atoms with Gasteiger partial charge in [-0.1, -0.05) is 11.6 Å². The average molecular weight is 948 g/mol. The maximum absolute atomic E-state index is 15.3. The minimum atomic E-state index is -0.980. The number of hydrogen-bond donors (Lipinski definition) is 5. The molecular formula is C50H61NO17. The van der Waals surface area contributed by atoms with E-state index in [1.807, 2.05) is 0 Å². The van der Waals surface area contributed by atoms with Crippen molar-refractivity contribution in [2.24, 2.45) is 0 Å². The largest absolute Gasteiger partial charge is 0.504 e. The summed E-state index contributed by atoms with van der Waals surface area (Å²) in [6.45, 7) is 4.28. The summed E-state index contributed by atoms with van der Waals surface area (Å²) in [6, 6.07) is 2.88. The van der Waals surface area contributed by atoms with E-state index in [1.165, 1.54) is 20.1 Å². The zero-order valence-electron chi connectivity index (χ0n) is 39.0. The molecule has 6 rings (SSSR count). The summed E-state index contributed by atoms with van der Waals surface area (Å²) in [6.07, 6.45) is 2.96. The highest BCUT2D eigenvalue weighted by atomic mass is 16.6. The summed E-state index contributed by atoms with van der Waals surface area (Å²) in [7, 11) is 2.90. The van der Waals surface area contributed by atoms with Crippen molar-refractivity contribution in [1.82, 2.24) is 0 Å². The fourth-order valence-electron chi connectivity index (χ4n) is 9.11. The van der Waals surface area contributed by atoms with E-state index < -0.39 is 42.2 Å². The quantitative estimate of drug-likeness (QED) is 0.0189. The molecule has 0 spiro atoms. The Labute approximate surface area is 392 Å². The van der Waals surface area contributed by atoms with Crippen LogP contribution in [-0.4, -0.2) is 138 Å². The number of aromatic hydroxyl groups is 1. The fraction of sp³-hybridized carbons (Fsp3) is 0.500. The van der Waals surface area contributed by atoms with E-state index in [9.17, 15) is 34.5 Å². The average Bonchev–Trinajstić information content (AvgIpc) is 3.45. The number of fused-ring (bicyclic) bond motifs is 1. The van der Waals surface area contributed by atoms with Gasteiger partial charge in [0.05, 0.1) is 96.1 Å². The zero-order valence-corrected chi connectivity index (χ0v) is 39.0. The number of hydrogen-bond acceptors (Lipinski definition) is 18. The van der Waals surface area contributed by atoms with Crippen LogP contribution in [0.5, 0.6) is 11.5 Å². The van der Waals surface area contributed by atoms with E-state index >= 15 is 4.79 Å². The lowest BCUT2D eigenvalue weighted by Crippen LogP contribution is -2.19. The summed E-state index contributed by atoms with van der Waals surface area (Å²) in [4.78, 5) is 67.4. The number of aliphatic hydroxyl groups is 3. The normalized spacial score (nSPS) is 13.5. The Morgan fingerprint density at radius 2 is 1.25 bits per heavy atom. The number of methoxy groups -OCH3 is 2. The van der Waals surface area contributed by atoms with Crippen LogP contribution in [0.4, 0.5) is 5.69 Å². The number of Topliss-reactive ketones (excluding diaryl/α,β-unsaturated/α-hetero) is 1. The second-order valence-electron chi connectivity index (χ2n) is 16.4. The number of allylic oxidation sites excluding steroid dienone is 1. The highest BCUT2D eigenvalue weighted by molar-refractivity contribution is 6.39. The lowest BCUT2D eigenvalue weighted by Gasteiger charge is -2.26. The van der Waals surface area contributed by atoms with Gasteiger partial charge in [-0.2, -0.15) is 0 Å². The van der Waals surface area contributed by atoms with Gasteiger partial charge >= 0.3 is 11.9 Å². The van der Waals surface area contributed by atoms with Crippen LogP contribution < -0.4 is 20.9 Å². The van der Waals surface area contributed by atoms with Crippen molar-refractivity contribution in [1.29, 1.82) is 0 Å². The third-order valence-corrected chi connectivity index (χ3v) is 11.9. The number of carbonyl (C=O) groups is 3. The Hall–Kier alpha value is -5.57. The molecule has 5 aromatic carbocycles. The van der Waals surface area contributed by atoms with Crippen molar-refractivity contribution in [2.75, 3.05) is 105 Å². The number of carbonyl (C=O) groups excluding carboxylic acids is 3. The van der Waals surface area contributed by atoms with Gasteiger partial charge < -0.3 is 63.6 Å². The summed E-state index contributed by atoms with van der Waals surface area (Å²) in [5.74, 6) is -2.70. The molecule has 0 saturated carbocycles. The maximum atomic E-state index is 15.3. The highest BCUT2D eigenvalue weighted by Gasteiger charge is 2.36. The fourth-order valence-corrected chi connectivity index (χ4v) is 9.11. The standard InChI is InChI=1S/C50H61NO17/c1-28-23-33-32(7-5-12-64-19-21-67-37(58)9-15-65-18-17-61-3)48(59)42-34(51-10-16-66-20-22-68-36(57)8-14-63-13-6-11-52)24-30(26-53)39-40-31(27-54)25-35(56)43-45(40)46(41(33)44(39)42)47(38(28)29(2)55)50(62-4)49(43)60/h23-25,38,51-54,60H,5-22,26-27H2,1-4H3. The van der Waals surface area contributed by atoms with Crippen molar-refractivity contribution in [3.05, 3.63) is 66.0 Å². The molecule has 0 saturated heterocycles. The molecule has 1 aliphatic rings. The first-order valence-corrected chi connectivity index (χ1v) is 22.8. The van der Waals surface area contributed by atoms with Gasteiger partial charge in [-0.05, 0) is 83.5 Å². The molecule has 0 heterocycles. The Bertz CT molecular complexity index is 2730. The topological polar surface area (TPSA) is 252 Å². The van der Waals surface area contributed by atoms with Crippen molar-refractivity contribution < 1.29 is 72.7 Å². The molecule has 368 valence electrons. The predicted octanol–water partition coefficient (Wildman–Crippen LogP) is 3.99. The number of benzene rings is 5. The molecule has 68 heavy (non-hydrogen) atoms. The first kappa shape index (κ1) is 51.8. The van der Waals surface area contributed by atoms with Crippen molar-refractivity contribution in [3.8, 4) is 11.5 Å². The molecule has 0 radical (unpaired) electrons. The number of esters is 2. The van der Waals surface area contributed by atoms with E-state index in [2.05, 4.69) is 5.32 Å². The molecule has 0 aliphatic heterocycles. The van der Waals surface area contributed by atoms with Gasteiger partial charge in [-0.15, -0.1) is 0 Å². The van der Waals surface area contributed by atoms with Crippen LogP contribution in [-0.2, 0) is 67.2 Å². The SMILES string of the molecule is COCCOCCC(=O)OCCOCCCc1c2c3c4c(c(OC)c(O)c5c(=O)cc(CO)c(c6c(CO)cc(NCCOCCOC(=O)CCOCCCO)c(c1=O)c63)c54)C(C(C)=O)C(C)=C2. The maximum Gasteiger partial charge on any atom is 0.308 e. The number of rotatable bonds is 30. The molecule has 5 aromatic rings. The number of anilines is 1. The number of aliphatic hydroxyl groups excluding tert-OH is 3. The summed E-state index contributed by atoms with van der Waals surface area (Å²) in [5, 5.41) is 48.5. The molecule has 0 amide bonds. The second kappa shape index (κ2) is 24.6. The highest BCUT2D eigenvalue weighted by Crippen LogP contribution is 2.55. The molecule has 18 heteroatoms. The third kappa shape index (κ3) is 11.1. The van der Waals surface area contributed by atoms with Gasteiger partial charge in [-0.25, -0.2) is 0 Å². The minimum absolute atomic E-state index is 0.000654. The molecule has 5 N–H and O–H groups in total.